The van der Waals surface area contributed by atoms with E-state index in [4.69, 9.17) is 9.84 Å². The smallest absolute Gasteiger partial charge is 0.339 e. The highest BCUT2D eigenvalue weighted by Gasteiger charge is 2.19. The Morgan fingerprint density at radius 1 is 0.870 bits per heavy atom. The van der Waals surface area contributed by atoms with E-state index in [1.165, 1.54) is 26.0 Å². The molecule has 0 aliphatic heterocycles. The van der Waals surface area contributed by atoms with Crippen molar-refractivity contribution in [3.05, 3.63) is 46.5 Å². The van der Waals surface area contributed by atoms with E-state index in [-0.39, 0.29) is 33.9 Å². The van der Waals surface area contributed by atoms with Crippen LogP contribution in [0, 0.1) is 13.8 Å². The first-order valence-corrected chi connectivity index (χ1v) is 6.52. The van der Waals surface area contributed by atoms with Crippen molar-refractivity contribution < 1.29 is 34.8 Å². The van der Waals surface area contributed by atoms with Gasteiger partial charge in [0.15, 0.2) is 0 Å². The Hall–Kier alpha value is -3.22. The zero-order chi connectivity index (χ0) is 17.3. The fourth-order valence-corrected chi connectivity index (χ4v) is 2.29. The second-order valence-corrected chi connectivity index (χ2v) is 4.98. The molecule has 0 fully saturated rings. The Labute approximate surface area is 131 Å². The maximum absolute atomic E-state index is 11.3. The zero-order valence-corrected chi connectivity index (χ0v) is 12.3. The molecule has 23 heavy (non-hydrogen) atoms. The summed E-state index contributed by atoms with van der Waals surface area (Å²) in [6.07, 6.45) is 0. The summed E-state index contributed by atoms with van der Waals surface area (Å²) in [7, 11) is 0. The molecule has 0 atom stereocenters. The number of aromatic carboxylic acids is 2. The van der Waals surface area contributed by atoms with Gasteiger partial charge in [0.1, 0.15) is 34.1 Å². The third-order valence-corrected chi connectivity index (χ3v) is 3.23. The van der Waals surface area contributed by atoms with Crippen molar-refractivity contribution in [3.63, 3.8) is 0 Å². The molecule has 7 heteroatoms. The van der Waals surface area contributed by atoms with Crippen LogP contribution in [0.4, 0.5) is 0 Å². The number of hydrogen-bond donors (Lipinski definition) is 4. The van der Waals surface area contributed by atoms with Crippen LogP contribution in [0.15, 0.2) is 24.3 Å². The van der Waals surface area contributed by atoms with Crippen molar-refractivity contribution >= 4 is 11.9 Å². The van der Waals surface area contributed by atoms with Gasteiger partial charge < -0.3 is 25.2 Å². The van der Waals surface area contributed by atoms with Gasteiger partial charge in [-0.1, -0.05) is 0 Å². The molecule has 0 unspecified atom stereocenters. The molecular formula is C16H14O7. The van der Waals surface area contributed by atoms with E-state index in [0.29, 0.717) is 5.56 Å². The van der Waals surface area contributed by atoms with Crippen LogP contribution >= 0.6 is 0 Å². The highest BCUT2D eigenvalue weighted by Crippen LogP contribution is 2.35. The highest BCUT2D eigenvalue weighted by molar-refractivity contribution is 5.94. The van der Waals surface area contributed by atoms with Crippen LogP contribution in [0.3, 0.4) is 0 Å². The normalized spacial score (nSPS) is 10.3. The fraction of sp³-hybridized carbons (Fsp3) is 0.125. The third-order valence-electron chi connectivity index (χ3n) is 3.23. The van der Waals surface area contributed by atoms with Crippen molar-refractivity contribution in [3.8, 4) is 23.0 Å². The van der Waals surface area contributed by atoms with Gasteiger partial charge in [0, 0.05) is 12.1 Å². The van der Waals surface area contributed by atoms with Crippen molar-refractivity contribution in [1.82, 2.24) is 0 Å². The molecule has 4 N–H and O–H groups in total. The first kappa shape index (κ1) is 16.2. The minimum Gasteiger partial charge on any atom is -0.508 e. The average molecular weight is 318 g/mol. The van der Waals surface area contributed by atoms with Gasteiger partial charge >= 0.3 is 11.9 Å². The summed E-state index contributed by atoms with van der Waals surface area (Å²) in [5, 5.41) is 37.6. The van der Waals surface area contributed by atoms with Crippen molar-refractivity contribution in [1.29, 1.82) is 0 Å². The number of aryl methyl sites for hydroxylation is 2. The molecule has 2 aromatic carbocycles. The summed E-state index contributed by atoms with van der Waals surface area (Å²) in [4.78, 5) is 22.4. The molecule has 2 rings (SSSR count). The highest BCUT2D eigenvalue weighted by atomic mass is 16.5. The van der Waals surface area contributed by atoms with Gasteiger partial charge in [-0.05, 0) is 37.1 Å². The summed E-state index contributed by atoms with van der Waals surface area (Å²) in [5.74, 6) is -3.26. The number of phenolic OH excluding ortho intramolecular Hbond substituents is 1. The topological polar surface area (TPSA) is 124 Å². The molecule has 0 heterocycles. The maximum atomic E-state index is 11.3. The number of carboxylic acid groups (broad SMARTS) is 2. The standard InChI is InChI=1S/C16H14O7/c1-7-3-9(17)5-12(14(7)16(21)22)23-10-4-8(2)13(15(19)20)11(18)6-10/h3-6,17-18H,1-2H3,(H,19,20)(H,21,22). The third kappa shape index (κ3) is 3.18. The minimum absolute atomic E-state index is 0.0532. The van der Waals surface area contributed by atoms with Crippen LogP contribution < -0.4 is 4.74 Å². The van der Waals surface area contributed by atoms with E-state index in [9.17, 15) is 24.9 Å². The van der Waals surface area contributed by atoms with E-state index >= 15 is 0 Å². The number of ether oxygens (including phenoxy) is 1. The quantitative estimate of drug-likeness (QED) is 0.683. The molecule has 0 bridgehead atoms. The Bertz CT molecular complexity index is 785. The molecule has 0 saturated carbocycles. The number of carboxylic acids is 2. The van der Waals surface area contributed by atoms with Crippen LogP contribution in [0.2, 0.25) is 0 Å². The number of benzene rings is 2. The first-order chi connectivity index (χ1) is 10.7. The van der Waals surface area contributed by atoms with Gasteiger partial charge in [-0.2, -0.15) is 0 Å². The lowest BCUT2D eigenvalue weighted by Crippen LogP contribution is -2.04. The van der Waals surface area contributed by atoms with Crippen LogP contribution in [0.1, 0.15) is 31.8 Å². The van der Waals surface area contributed by atoms with Crippen LogP contribution in [0.25, 0.3) is 0 Å². The van der Waals surface area contributed by atoms with Crippen LogP contribution in [-0.2, 0) is 0 Å². The predicted molar refractivity (Wildman–Crippen MR) is 79.7 cm³/mol. The molecule has 0 radical (unpaired) electrons. The molecule has 0 amide bonds. The van der Waals surface area contributed by atoms with E-state index in [2.05, 4.69) is 0 Å². The number of aromatic hydroxyl groups is 2. The largest absolute Gasteiger partial charge is 0.508 e. The van der Waals surface area contributed by atoms with Gasteiger partial charge in [0.2, 0.25) is 0 Å². The number of phenols is 2. The molecule has 2 aromatic rings. The molecule has 0 spiro atoms. The Morgan fingerprint density at radius 2 is 1.43 bits per heavy atom. The van der Waals surface area contributed by atoms with Gasteiger partial charge in [-0.25, -0.2) is 9.59 Å². The Morgan fingerprint density at radius 3 is 1.96 bits per heavy atom. The lowest BCUT2D eigenvalue weighted by molar-refractivity contribution is 0.0682. The predicted octanol–water partition coefficient (Wildman–Crippen LogP) is 2.90. The number of hydrogen-bond acceptors (Lipinski definition) is 5. The van der Waals surface area contributed by atoms with E-state index in [1.807, 2.05) is 0 Å². The van der Waals surface area contributed by atoms with Gasteiger partial charge in [-0.15, -0.1) is 0 Å². The van der Waals surface area contributed by atoms with E-state index < -0.39 is 17.7 Å². The maximum Gasteiger partial charge on any atom is 0.339 e. The van der Waals surface area contributed by atoms with Gasteiger partial charge in [0.05, 0.1) is 0 Å². The molecule has 0 aliphatic rings. The lowest BCUT2D eigenvalue weighted by Gasteiger charge is -2.13. The lowest BCUT2D eigenvalue weighted by atomic mass is 10.1. The van der Waals surface area contributed by atoms with Crippen molar-refractivity contribution in [2.75, 3.05) is 0 Å². The molecule has 0 saturated heterocycles. The second kappa shape index (κ2) is 5.88. The van der Waals surface area contributed by atoms with Crippen molar-refractivity contribution in [2.45, 2.75) is 13.8 Å². The monoisotopic (exact) mass is 318 g/mol. The Kier molecular flexibility index (Phi) is 4.13. The van der Waals surface area contributed by atoms with Gasteiger partial charge in [0.25, 0.3) is 0 Å². The van der Waals surface area contributed by atoms with Crippen molar-refractivity contribution in [2.24, 2.45) is 0 Å². The fourth-order valence-electron chi connectivity index (χ4n) is 2.29. The van der Waals surface area contributed by atoms with Crippen LogP contribution in [0.5, 0.6) is 23.0 Å². The number of rotatable bonds is 4. The summed E-state index contributed by atoms with van der Waals surface area (Å²) in [6.45, 7) is 2.98. The van der Waals surface area contributed by atoms with Gasteiger partial charge in [-0.3, -0.25) is 0 Å². The summed E-state index contributed by atoms with van der Waals surface area (Å²) in [5.41, 5.74) is 0.155. The first-order valence-electron chi connectivity index (χ1n) is 6.52. The minimum atomic E-state index is -1.29. The number of carbonyl (C=O) groups is 2. The molecule has 0 aromatic heterocycles. The SMILES string of the molecule is Cc1cc(Oc2cc(O)cc(C)c2C(=O)O)cc(O)c1C(=O)O. The summed E-state index contributed by atoms with van der Waals surface area (Å²) >= 11 is 0. The second-order valence-electron chi connectivity index (χ2n) is 4.98. The van der Waals surface area contributed by atoms with E-state index in [1.54, 1.807) is 0 Å². The molecular weight excluding hydrogens is 304 g/mol. The summed E-state index contributed by atoms with van der Waals surface area (Å²) in [6, 6.07) is 4.84. The molecule has 7 nitrogen and oxygen atoms in total. The molecule has 0 aliphatic carbocycles. The Balaban J connectivity index is 2.52. The van der Waals surface area contributed by atoms with Crippen LogP contribution in [-0.4, -0.2) is 32.4 Å². The summed E-state index contributed by atoms with van der Waals surface area (Å²) < 4.78 is 5.44. The molecule has 120 valence electrons. The zero-order valence-electron chi connectivity index (χ0n) is 12.3. The van der Waals surface area contributed by atoms with E-state index in [0.717, 1.165) is 12.1 Å². The average Bonchev–Trinajstić information content (AvgIpc) is 2.35.